The summed E-state index contributed by atoms with van der Waals surface area (Å²) in [4.78, 5) is 33.3. The largest absolute Gasteiger partial charge is 0.457 e. The summed E-state index contributed by atoms with van der Waals surface area (Å²) in [5, 5.41) is 10.9. The summed E-state index contributed by atoms with van der Waals surface area (Å²) in [6.45, 7) is 4.56. The Labute approximate surface area is 204 Å². The van der Waals surface area contributed by atoms with Crippen molar-refractivity contribution in [1.29, 1.82) is 0 Å². The van der Waals surface area contributed by atoms with E-state index in [0.717, 1.165) is 29.4 Å². The lowest BCUT2D eigenvalue weighted by Crippen LogP contribution is -2.45. The van der Waals surface area contributed by atoms with Crippen molar-refractivity contribution in [3.05, 3.63) is 52.7 Å². The number of amides is 1. The van der Waals surface area contributed by atoms with Crippen LogP contribution in [-0.4, -0.2) is 67.7 Å². The molecule has 1 aromatic carbocycles. The van der Waals surface area contributed by atoms with E-state index in [2.05, 4.69) is 9.88 Å². The zero-order valence-electron chi connectivity index (χ0n) is 19.9. The molecule has 0 radical (unpaired) electrons. The molecular formula is C25H29N3O6S. The standard InChI is InChI=1S/C25H29N3O6S/c1-16-18(4-5-19-20(16)15-34-23(19)30)21(29)14-27-10-7-25(8-11-27)9-12-28(24(25)31)22-6-3-17(13-26-22)35(2,32)33/h3-6,13,21,29H,7-12,14-15H2,1-2H3/t21-/m0/s1. The van der Waals surface area contributed by atoms with E-state index >= 15 is 0 Å². The molecule has 0 saturated carbocycles. The molecule has 9 nitrogen and oxygen atoms in total. The van der Waals surface area contributed by atoms with E-state index < -0.39 is 21.4 Å². The Morgan fingerprint density at radius 1 is 1.11 bits per heavy atom. The van der Waals surface area contributed by atoms with Gasteiger partial charge in [-0.05, 0) is 68.6 Å². The predicted molar refractivity (Wildman–Crippen MR) is 128 cm³/mol. The van der Waals surface area contributed by atoms with Crippen LogP contribution in [-0.2, 0) is 26.0 Å². The smallest absolute Gasteiger partial charge is 0.338 e. The number of carbonyl (C=O) groups excluding carboxylic acids is 2. The summed E-state index contributed by atoms with van der Waals surface area (Å²) in [6.07, 6.45) is 3.86. The van der Waals surface area contributed by atoms with Gasteiger partial charge in [0, 0.05) is 31.1 Å². The molecular weight excluding hydrogens is 470 g/mol. The van der Waals surface area contributed by atoms with Crippen LogP contribution < -0.4 is 4.90 Å². The van der Waals surface area contributed by atoms with E-state index in [1.54, 1.807) is 23.1 Å². The number of nitrogens with zero attached hydrogens (tertiary/aromatic N) is 3. The average Bonchev–Trinajstić information content (AvgIpc) is 3.36. The number of hydrogen-bond acceptors (Lipinski definition) is 8. The summed E-state index contributed by atoms with van der Waals surface area (Å²) in [5.41, 5.74) is 2.67. The number of aliphatic hydroxyl groups is 1. The van der Waals surface area contributed by atoms with Crippen LogP contribution in [0.15, 0.2) is 35.4 Å². The van der Waals surface area contributed by atoms with E-state index in [1.807, 2.05) is 6.92 Å². The number of fused-ring (bicyclic) bond motifs is 1. The molecule has 1 spiro atoms. The molecule has 1 amide bonds. The van der Waals surface area contributed by atoms with Crippen molar-refractivity contribution < 1.29 is 27.9 Å². The van der Waals surface area contributed by atoms with Gasteiger partial charge in [-0.15, -0.1) is 0 Å². The fraction of sp³-hybridized carbons (Fsp3) is 0.480. The summed E-state index contributed by atoms with van der Waals surface area (Å²) in [6, 6.07) is 6.61. The Morgan fingerprint density at radius 2 is 1.83 bits per heavy atom. The third-order valence-corrected chi connectivity index (χ3v) is 8.85. The first-order valence-electron chi connectivity index (χ1n) is 11.8. The highest BCUT2D eigenvalue weighted by atomic mass is 32.2. The van der Waals surface area contributed by atoms with E-state index in [0.29, 0.717) is 50.4 Å². The van der Waals surface area contributed by atoms with E-state index in [1.165, 1.54) is 12.3 Å². The molecule has 1 N–H and O–H groups in total. The summed E-state index contributed by atoms with van der Waals surface area (Å²) in [5.74, 6) is 0.199. The van der Waals surface area contributed by atoms with E-state index in [-0.39, 0.29) is 23.4 Å². The Bertz CT molecular complexity index is 1280. The van der Waals surface area contributed by atoms with Gasteiger partial charge in [-0.25, -0.2) is 18.2 Å². The SMILES string of the molecule is Cc1c([C@@H](O)CN2CCC3(CC2)CCN(c2ccc(S(C)(=O)=O)cn2)C3=O)ccc2c1COC2=O. The predicted octanol–water partition coefficient (Wildman–Crippen LogP) is 2.02. The molecule has 2 saturated heterocycles. The molecule has 4 heterocycles. The Morgan fingerprint density at radius 3 is 2.49 bits per heavy atom. The van der Waals surface area contributed by atoms with Crippen molar-refractivity contribution in [2.75, 3.05) is 37.3 Å². The second-order valence-electron chi connectivity index (χ2n) is 9.81. The zero-order valence-corrected chi connectivity index (χ0v) is 20.7. The Hall–Kier alpha value is -2.82. The van der Waals surface area contributed by atoms with Gasteiger partial charge in [0.05, 0.1) is 22.0 Å². The van der Waals surface area contributed by atoms with E-state index in [9.17, 15) is 23.1 Å². The monoisotopic (exact) mass is 499 g/mol. The fourth-order valence-electron chi connectivity index (χ4n) is 5.49. The van der Waals surface area contributed by atoms with Crippen molar-refractivity contribution in [3.8, 4) is 0 Å². The van der Waals surface area contributed by atoms with Crippen LogP contribution in [0.3, 0.4) is 0 Å². The molecule has 186 valence electrons. The number of carbonyl (C=O) groups is 2. The van der Waals surface area contributed by atoms with Gasteiger partial charge in [0.15, 0.2) is 9.84 Å². The second kappa shape index (κ2) is 8.69. The van der Waals surface area contributed by atoms with Crippen LogP contribution in [0, 0.1) is 12.3 Å². The Balaban J connectivity index is 1.22. The zero-order chi connectivity index (χ0) is 25.0. The molecule has 1 atom stereocenters. The highest BCUT2D eigenvalue weighted by Gasteiger charge is 2.49. The minimum atomic E-state index is -3.34. The van der Waals surface area contributed by atoms with Gasteiger partial charge in [0.2, 0.25) is 5.91 Å². The van der Waals surface area contributed by atoms with Crippen LogP contribution in [0.4, 0.5) is 5.82 Å². The van der Waals surface area contributed by atoms with Gasteiger partial charge < -0.3 is 14.7 Å². The van der Waals surface area contributed by atoms with Crippen LogP contribution in [0.5, 0.6) is 0 Å². The second-order valence-corrected chi connectivity index (χ2v) is 11.8. The maximum Gasteiger partial charge on any atom is 0.338 e. The topological polar surface area (TPSA) is 117 Å². The lowest BCUT2D eigenvalue weighted by molar-refractivity contribution is -0.128. The molecule has 3 aliphatic heterocycles. The molecule has 1 aromatic heterocycles. The van der Waals surface area contributed by atoms with E-state index in [4.69, 9.17) is 4.74 Å². The number of pyridine rings is 1. The van der Waals surface area contributed by atoms with Gasteiger partial charge in [-0.2, -0.15) is 0 Å². The number of benzene rings is 1. The van der Waals surface area contributed by atoms with Gasteiger partial charge in [0.25, 0.3) is 0 Å². The van der Waals surface area contributed by atoms with Gasteiger partial charge in [-0.3, -0.25) is 9.69 Å². The number of anilines is 1. The first-order valence-corrected chi connectivity index (χ1v) is 13.7. The summed E-state index contributed by atoms with van der Waals surface area (Å²) >= 11 is 0. The molecule has 0 unspecified atom stereocenters. The minimum absolute atomic E-state index is 0.0384. The number of β-amino-alcohol motifs (C(OH)–C–C–N with tert-alkyl or cyclic N) is 1. The number of hydrogen-bond donors (Lipinski definition) is 1. The highest BCUT2D eigenvalue weighted by molar-refractivity contribution is 7.90. The van der Waals surface area contributed by atoms with Gasteiger partial charge in [-0.1, -0.05) is 6.07 Å². The van der Waals surface area contributed by atoms with Crippen LogP contribution in [0.25, 0.3) is 0 Å². The Kier molecular flexibility index (Phi) is 5.93. The molecule has 3 aliphatic rings. The first kappa shape index (κ1) is 23.9. The third kappa shape index (κ3) is 4.23. The number of sulfone groups is 1. The molecule has 0 bridgehead atoms. The number of aliphatic hydroxyl groups excluding tert-OH is 1. The number of rotatable bonds is 5. The fourth-order valence-corrected chi connectivity index (χ4v) is 6.05. The third-order valence-electron chi connectivity index (χ3n) is 7.75. The number of cyclic esters (lactones) is 1. The maximum absolute atomic E-state index is 13.4. The molecule has 0 aliphatic carbocycles. The minimum Gasteiger partial charge on any atom is -0.457 e. The highest BCUT2D eigenvalue weighted by Crippen LogP contribution is 2.43. The van der Waals surface area contributed by atoms with Crippen LogP contribution in [0.1, 0.15) is 52.4 Å². The molecule has 2 aromatic rings. The maximum atomic E-state index is 13.4. The van der Waals surface area contributed by atoms with Crippen LogP contribution in [0.2, 0.25) is 0 Å². The number of aromatic nitrogens is 1. The molecule has 5 rings (SSSR count). The average molecular weight is 500 g/mol. The summed E-state index contributed by atoms with van der Waals surface area (Å²) < 4.78 is 28.5. The van der Waals surface area contributed by atoms with Crippen molar-refractivity contribution in [1.82, 2.24) is 9.88 Å². The molecule has 10 heteroatoms. The van der Waals surface area contributed by atoms with Crippen molar-refractivity contribution in [2.24, 2.45) is 5.41 Å². The normalized spacial score (nSPS) is 20.8. The van der Waals surface area contributed by atoms with Crippen LogP contribution >= 0.6 is 0 Å². The summed E-state index contributed by atoms with van der Waals surface area (Å²) in [7, 11) is -3.34. The molecule has 35 heavy (non-hydrogen) atoms. The van der Waals surface area contributed by atoms with Crippen molar-refractivity contribution in [2.45, 2.75) is 43.8 Å². The number of piperidine rings is 1. The van der Waals surface area contributed by atoms with Crippen molar-refractivity contribution in [3.63, 3.8) is 0 Å². The lowest BCUT2D eigenvalue weighted by atomic mass is 9.77. The number of likely N-dealkylation sites (tertiary alicyclic amines) is 1. The molecule has 2 fully saturated rings. The first-order chi connectivity index (χ1) is 16.6. The lowest BCUT2D eigenvalue weighted by Gasteiger charge is -2.38. The number of esters is 1. The quantitative estimate of drug-likeness (QED) is 0.621. The van der Waals surface area contributed by atoms with Gasteiger partial charge >= 0.3 is 5.97 Å². The van der Waals surface area contributed by atoms with Crippen molar-refractivity contribution >= 4 is 27.5 Å². The van der Waals surface area contributed by atoms with Gasteiger partial charge in [0.1, 0.15) is 12.4 Å². The number of ether oxygens (including phenoxy) is 1.